The zero-order chi connectivity index (χ0) is 11.1. The van der Waals surface area contributed by atoms with Crippen LogP contribution in [0.2, 0.25) is 0 Å². The maximum Gasteiger partial charge on any atom is 0.179 e. The van der Waals surface area contributed by atoms with E-state index >= 15 is 0 Å². The second kappa shape index (κ2) is 3.92. The largest absolute Gasteiger partial charge is 0.306 e. The first-order chi connectivity index (χ1) is 7.78. The molecule has 3 heteroatoms. The maximum absolute atomic E-state index is 8.99. The van der Waals surface area contributed by atoms with Crippen molar-refractivity contribution in [3.63, 3.8) is 0 Å². The SMILES string of the molecule is CN1CCC(C2CC3CC(C2)N3C#N)CC1. The van der Waals surface area contributed by atoms with Crippen LogP contribution in [-0.4, -0.2) is 42.0 Å². The average Bonchev–Trinajstić information content (AvgIpc) is 2.30. The van der Waals surface area contributed by atoms with E-state index in [-0.39, 0.29) is 0 Å². The lowest BCUT2D eigenvalue weighted by atomic mass is 9.67. The number of nitriles is 1. The van der Waals surface area contributed by atoms with Gasteiger partial charge in [-0.25, -0.2) is 0 Å². The predicted octanol–water partition coefficient (Wildman–Crippen LogP) is 1.66. The highest BCUT2D eigenvalue weighted by Gasteiger charge is 2.46. The first kappa shape index (κ1) is 10.4. The molecule has 1 saturated carbocycles. The molecule has 88 valence electrons. The minimum absolute atomic E-state index is 0.605. The lowest BCUT2D eigenvalue weighted by Crippen LogP contribution is -2.59. The zero-order valence-corrected chi connectivity index (χ0v) is 10.1. The van der Waals surface area contributed by atoms with Crippen LogP contribution in [0.5, 0.6) is 0 Å². The lowest BCUT2D eigenvalue weighted by molar-refractivity contribution is -0.0289. The molecule has 2 bridgehead atoms. The average molecular weight is 219 g/mol. The minimum Gasteiger partial charge on any atom is -0.306 e. The van der Waals surface area contributed by atoms with Crippen LogP contribution in [0.4, 0.5) is 0 Å². The molecule has 3 heterocycles. The summed E-state index contributed by atoms with van der Waals surface area (Å²) in [6.45, 7) is 2.55. The van der Waals surface area contributed by atoms with Crippen LogP contribution in [0.15, 0.2) is 0 Å². The van der Waals surface area contributed by atoms with Crippen LogP contribution < -0.4 is 0 Å². The van der Waals surface area contributed by atoms with Crippen LogP contribution >= 0.6 is 0 Å². The number of nitrogens with zero attached hydrogens (tertiary/aromatic N) is 3. The van der Waals surface area contributed by atoms with Crippen molar-refractivity contribution in [1.82, 2.24) is 9.80 Å². The van der Waals surface area contributed by atoms with Crippen molar-refractivity contribution in [2.45, 2.75) is 44.2 Å². The smallest absolute Gasteiger partial charge is 0.179 e. The molecule has 0 N–H and O–H groups in total. The van der Waals surface area contributed by atoms with E-state index in [0.29, 0.717) is 12.1 Å². The van der Waals surface area contributed by atoms with Crippen molar-refractivity contribution in [2.24, 2.45) is 11.8 Å². The Bertz CT molecular complexity index is 289. The molecule has 0 aromatic rings. The van der Waals surface area contributed by atoms with E-state index < -0.39 is 0 Å². The molecule has 4 aliphatic rings. The topological polar surface area (TPSA) is 30.3 Å². The van der Waals surface area contributed by atoms with Crippen molar-refractivity contribution >= 4 is 0 Å². The first-order valence-electron chi connectivity index (χ1n) is 6.64. The van der Waals surface area contributed by atoms with Crippen LogP contribution in [0.1, 0.15) is 32.1 Å². The third-order valence-electron chi connectivity index (χ3n) is 5.03. The normalized spacial score (nSPS) is 40.2. The van der Waals surface area contributed by atoms with Gasteiger partial charge in [-0.3, -0.25) is 0 Å². The van der Waals surface area contributed by atoms with E-state index in [0.717, 1.165) is 11.8 Å². The fraction of sp³-hybridized carbons (Fsp3) is 0.923. The summed E-state index contributed by atoms with van der Waals surface area (Å²) in [6.07, 6.45) is 8.99. The highest BCUT2D eigenvalue weighted by molar-refractivity contribution is 5.06. The Hall–Kier alpha value is -0.750. The van der Waals surface area contributed by atoms with Crippen LogP contribution in [0, 0.1) is 23.3 Å². The molecule has 16 heavy (non-hydrogen) atoms. The molecule has 2 atom stereocenters. The van der Waals surface area contributed by atoms with Gasteiger partial charge in [-0.15, -0.1) is 0 Å². The molecule has 0 spiro atoms. The van der Waals surface area contributed by atoms with Crippen molar-refractivity contribution in [2.75, 3.05) is 20.1 Å². The Morgan fingerprint density at radius 2 is 1.62 bits per heavy atom. The molecule has 3 aliphatic heterocycles. The molecule has 0 radical (unpaired) electrons. The molecule has 3 nitrogen and oxygen atoms in total. The van der Waals surface area contributed by atoms with Gasteiger partial charge in [0, 0.05) is 12.1 Å². The number of likely N-dealkylation sites (tertiary alicyclic amines) is 1. The quantitative estimate of drug-likeness (QED) is 0.628. The van der Waals surface area contributed by atoms with E-state index in [1.807, 2.05) is 4.90 Å². The van der Waals surface area contributed by atoms with Crippen LogP contribution in [0.3, 0.4) is 0 Å². The van der Waals surface area contributed by atoms with E-state index in [1.165, 1.54) is 45.2 Å². The van der Waals surface area contributed by atoms with Gasteiger partial charge < -0.3 is 9.80 Å². The van der Waals surface area contributed by atoms with Gasteiger partial charge in [0.05, 0.1) is 0 Å². The van der Waals surface area contributed by atoms with Crippen LogP contribution in [-0.2, 0) is 0 Å². The standard InChI is InChI=1S/C13H21N3/c1-15-4-2-10(3-5-15)11-6-12-8-13(7-11)16(12)9-14/h10-13H,2-8H2,1H3. The Morgan fingerprint density at radius 3 is 2.19 bits per heavy atom. The highest BCUT2D eigenvalue weighted by atomic mass is 15.2. The van der Waals surface area contributed by atoms with Crippen molar-refractivity contribution in [3.05, 3.63) is 0 Å². The Balaban J connectivity index is 1.57. The minimum atomic E-state index is 0.605. The summed E-state index contributed by atoms with van der Waals surface area (Å²) in [6, 6.07) is 1.21. The first-order valence-corrected chi connectivity index (χ1v) is 6.64. The summed E-state index contributed by atoms with van der Waals surface area (Å²) in [4.78, 5) is 4.49. The number of rotatable bonds is 1. The highest BCUT2D eigenvalue weighted by Crippen LogP contribution is 2.45. The molecule has 0 amide bonds. The second-order valence-corrected chi connectivity index (χ2v) is 5.92. The van der Waals surface area contributed by atoms with Gasteiger partial charge in [-0.05, 0) is 64.1 Å². The van der Waals surface area contributed by atoms with Gasteiger partial charge in [0.25, 0.3) is 0 Å². The predicted molar refractivity (Wildman–Crippen MR) is 62.6 cm³/mol. The van der Waals surface area contributed by atoms with Gasteiger partial charge in [0.1, 0.15) is 0 Å². The molecular weight excluding hydrogens is 198 g/mol. The summed E-state index contributed by atoms with van der Waals surface area (Å²) in [7, 11) is 2.23. The van der Waals surface area contributed by atoms with Gasteiger partial charge in [0.2, 0.25) is 0 Å². The molecule has 0 aromatic carbocycles. The van der Waals surface area contributed by atoms with Gasteiger partial charge in [0.15, 0.2) is 6.19 Å². The fourth-order valence-corrected chi connectivity index (χ4v) is 3.96. The summed E-state index contributed by atoms with van der Waals surface area (Å²) in [5, 5.41) is 8.99. The second-order valence-electron chi connectivity index (χ2n) is 5.92. The third-order valence-corrected chi connectivity index (χ3v) is 5.03. The van der Waals surface area contributed by atoms with Crippen LogP contribution in [0.25, 0.3) is 0 Å². The Kier molecular flexibility index (Phi) is 2.55. The number of hydrogen-bond donors (Lipinski definition) is 0. The van der Waals surface area contributed by atoms with Crippen molar-refractivity contribution in [3.8, 4) is 6.19 Å². The zero-order valence-electron chi connectivity index (χ0n) is 10.1. The van der Waals surface area contributed by atoms with E-state index in [2.05, 4.69) is 18.1 Å². The molecule has 2 unspecified atom stereocenters. The molecule has 3 saturated heterocycles. The summed E-state index contributed by atoms with van der Waals surface area (Å²) in [5.74, 6) is 1.87. The van der Waals surface area contributed by atoms with Gasteiger partial charge in [-0.1, -0.05) is 0 Å². The summed E-state index contributed by atoms with van der Waals surface area (Å²) in [5.41, 5.74) is 0. The Morgan fingerprint density at radius 1 is 1.00 bits per heavy atom. The van der Waals surface area contributed by atoms with Gasteiger partial charge >= 0.3 is 0 Å². The van der Waals surface area contributed by atoms with Crippen molar-refractivity contribution in [1.29, 1.82) is 5.26 Å². The number of fused-ring (bicyclic) bond motifs is 2. The van der Waals surface area contributed by atoms with E-state index in [4.69, 9.17) is 5.26 Å². The monoisotopic (exact) mass is 219 g/mol. The third kappa shape index (κ3) is 1.60. The summed E-state index contributed by atoms with van der Waals surface area (Å²) < 4.78 is 0. The molecular formula is C13H21N3. The fourth-order valence-electron chi connectivity index (χ4n) is 3.96. The molecule has 4 fully saturated rings. The molecule has 0 aromatic heterocycles. The Labute approximate surface area is 98.0 Å². The number of hydrogen-bond acceptors (Lipinski definition) is 3. The van der Waals surface area contributed by atoms with Gasteiger partial charge in [-0.2, -0.15) is 5.26 Å². The van der Waals surface area contributed by atoms with E-state index in [1.54, 1.807) is 0 Å². The summed E-state index contributed by atoms with van der Waals surface area (Å²) >= 11 is 0. The van der Waals surface area contributed by atoms with E-state index in [9.17, 15) is 0 Å². The lowest BCUT2D eigenvalue weighted by Gasteiger charge is -2.54. The molecule has 4 rings (SSSR count). The molecule has 1 aliphatic carbocycles. The number of piperidine rings is 2. The maximum atomic E-state index is 8.99. The van der Waals surface area contributed by atoms with Crippen molar-refractivity contribution < 1.29 is 0 Å².